The number of hydrogen-bond acceptors (Lipinski definition) is 5. The monoisotopic (exact) mass is 428 g/mol. The molecule has 2 aromatic rings. The first-order valence-electron chi connectivity index (χ1n) is 10.2. The second kappa shape index (κ2) is 12.3. The molecular formula is C23H32N4O4. The predicted octanol–water partition coefficient (Wildman–Crippen LogP) is 2.37. The van der Waals surface area contributed by atoms with Crippen LogP contribution in [0.15, 0.2) is 41.4 Å². The second-order valence-electron chi connectivity index (χ2n) is 6.64. The van der Waals surface area contributed by atoms with E-state index in [1.807, 2.05) is 37.3 Å². The number of ether oxygens (including phenoxy) is 3. The van der Waals surface area contributed by atoms with Gasteiger partial charge in [0, 0.05) is 31.3 Å². The average molecular weight is 429 g/mol. The Hall–Kier alpha value is -3.42. The zero-order valence-electron chi connectivity index (χ0n) is 18.9. The van der Waals surface area contributed by atoms with Gasteiger partial charge in [0.15, 0.2) is 17.5 Å². The summed E-state index contributed by atoms with van der Waals surface area (Å²) < 4.78 is 16.3. The lowest BCUT2D eigenvalue weighted by Gasteiger charge is -2.16. The summed E-state index contributed by atoms with van der Waals surface area (Å²) in [5, 5.41) is 9.22. The third-order valence-electron chi connectivity index (χ3n) is 4.66. The van der Waals surface area contributed by atoms with Crippen molar-refractivity contribution in [3.8, 4) is 17.2 Å². The van der Waals surface area contributed by atoms with E-state index >= 15 is 0 Å². The van der Waals surface area contributed by atoms with Crippen LogP contribution in [0.5, 0.6) is 17.2 Å². The number of guanidine groups is 1. The van der Waals surface area contributed by atoms with E-state index in [4.69, 9.17) is 14.2 Å². The number of carbonyl (C=O) groups excluding carboxylic acids is 1. The molecule has 0 aliphatic rings. The zero-order valence-corrected chi connectivity index (χ0v) is 18.9. The molecule has 3 N–H and O–H groups in total. The number of nitrogens with zero attached hydrogens (tertiary/aromatic N) is 1. The Kier molecular flexibility index (Phi) is 9.48. The van der Waals surface area contributed by atoms with Crippen LogP contribution in [-0.2, 0) is 13.0 Å². The molecule has 0 radical (unpaired) electrons. The molecule has 0 aliphatic heterocycles. The normalized spacial score (nSPS) is 10.9. The van der Waals surface area contributed by atoms with E-state index in [2.05, 4.69) is 20.9 Å². The lowest BCUT2D eigenvalue weighted by molar-refractivity contribution is 0.0963. The van der Waals surface area contributed by atoms with Gasteiger partial charge in [-0.1, -0.05) is 12.1 Å². The van der Waals surface area contributed by atoms with Gasteiger partial charge in [-0.3, -0.25) is 4.79 Å². The molecule has 0 aromatic heterocycles. The molecule has 0 bridgehead atoms. The van der Waals surface area contributed by atoms with E-state index in [9.17, 15) is 4.79 Å². The maximum Gasteiger partial charge on any atom is 0.251 e. The minimum absolute atomic E-state index is 0.0893. The number of hydrogen-bond donors (Lipinski definition) is 3. The van der Waals surface area contributed by atoms with Crippen molar-refractivity contribution >= 4 is 11.9 Å². The van der Waals surface area contributed by atoms with Gasteiger partial charge in [0.1, 0.15) is 0 Å². The first kappa shape index (κ1) is 23.9. The lowest BCUT2D eigenvalue weighted by atomic mass is 10.1. The summed E-state index contributed by atoms with van der Waals surface area (Å²) in [5.74, 6) is 2.37. The fourth-order valence-electron chi connectivity index (χ4n) is 3.13. The SMILES string of the molecule is CCNC(=NCc1ccc(OC)c(OC)c1OC)NCCc1cccc(C(=O)NC)c1. The predicted molar refractivity (Wildman–Crippen MR) is 122 cm³/mol. The standard InChI is InChI=1S/C23H32N4O4/c1-6-25-23(26-13-12-16-8-7-9-17(14-16)22(28)24-2)27-15-18-10-11-19(29-3)21(31-5)20(18)30-4/h7-11,14H,6,12-13,15H2,1-5H3,(H,24,28)(H2,25,26,27). The molecule has 2 aromatic carbocycles. The second-order valence-corrected chi connectivity index (χ2v) is 6.64. The summed E-state index contributed by atoms with van der Waals surface area (Å²) >= 11 is 0. The van der Waals surface area contributed by atoms with E-state index < -0.39 is 0 Å². The van der Waals surface area contributed by atoms with Crippen molar-refractivity contribution in [2.24, 2.45) is 4.99 Å². The van der Waals surface area contributed by atoms with Crippen molar-refractivity contribution in [3.63, 3.8) is 0 Å². The average Bonchev–Trinajstić information content (AvgIpc) is 2.81. The van der Waals surface area contributed by atoms with E-state index in [0.29, 0.717) is 41.9 Å². The molecule has 31 heavy (non-hydrogen) atoms. The highest BCUT2D eigenvalue weighted by Crippen LogP contribution is 2.39. The molecule has 0 unspecified atom stereocenters. The van der Waals surface area contributed by atoms with Crippen LogP contribution in [0.2, 0.25) is 0 Å². The molecule has 2 rings (SSSR count). The van der Waals surface area contributed by atoms with Gasteiger partial charge in [-0.2, -0.15) is 0 Å². The van der Waals surface area contributed by atoms with Crippen molar-refractivity contribution in [2.45, 2.75) is 19.9 Å². The summed E-state index contributed by atoms with van der Waals surface area (Å²) in [4.78, 5) is 16.5. The van der Waals surface area contributed by atoms with Crippen LogP contribution in [0.3, 0.4) is 0 Å². The molecule has 0 fully saturated rings. The Morgan fingerprint density at radius 2 is 1.77 bits per heavy atom. The Balaban J connectivity index is 2.07. The Morgan fingerprint density at radius 1 is 1.00 bits per heavy atom. The van der Waals surface area contributed by atoms with Crippen molar-refractivity contribution in [1.29, 1.82) is 0 Å². The van der Waals surface area contributed by atoms with Crippen LogP contribution in [0, 0.1) is 0 Å². The van der Waals surface area contributed by atoms with E-state index in [0.717, 1.165) is 24.1 Å². The summed E-state index contributed by atoms with van der Waals surface area (Å²) in [6.45, 7) is 3.83. The fourth-order valence-corrected chi connectivity index (χ4v) is 3.13. The Bertz CT molecular complexity index is 899. The Morgan fingerprint density at radius 3 is 2.42 bits per heavy atom. The number of amides is 1. The van der Waals surface area contributed by atoms with Crippen molar-refractivity contribution < 1.29 is 19.0 Å². The largest absolute Gasteiger partial charge is 0.493 e. The number of nitrogens with one attached hydrogen (secondary N) is 3. The molecule has 0 saturated carbocycles. The van der Waals surface area contributed by atoms with E-state index in [-0.39, 0.29) is 5.91 Å². The molecule has 168 valence electrons. The fraction of sp³-hybridized carbons (Fsp3) is 0.391. The van der Waals surface area contributed by atoms with Crippen LogP contribution in [-0.4, -0.2) is 53.3 Å². The molecule has 8 heteroatoms. The first-order chi connectivity index (χ1) is 15.1. The van der Waals surface area contributed by atoms with E-state index in [1.165, 1.54) is 0 Å². The van der Waals surface area contributed by atoms with Crippen LogP contribution < -0.4 is 30.2 Å². The number of methoxy groups -OCH3 is 3. The number of benzene rings is 2. The van der Waals surface area contributed by atoms with E-state index in [1.54, 1.807) is 34.4 Å². The van der Waals surface area contributed by atoms with Gasteiger partial charge in [0.05, 0.1) is 27.9 Å². The van der Waals surface area contributed by atoms with Crippen molar-refractivity contribution in [1.82, 2.24) is 16.0 Å². The van der Waals surface area contributed by atoms with Gasteiger partial charge in [0.25, 0.3) is 5.91 Å². The van der Waals surface area contributed by atoms with Gasteiger partial charge in [-0.05, 0) is 43.2 Å². The van der Waals surface area contributed by atoms with Crippen molar-refractivity contribution in [3.05, 3.63) is 53.1 Å². The third-order valence-corrected chi connectivity index (χ3v) is 4.66. The van der Waals surface area contributed by atoms with Gasteiger partial charge < -0.3 is 30.2 Å². The highest BCUT2D eigenvalue weighted by Gasteiger charge is 2.15. The minimum Gasteiger partial charge on any atom is -0.493 e. The van der Waals surface area contributed by atoms with Gasteiger partial charge >= 0.3 is 0 Å². The third kappa shape index (κ3) is 6.53. The van der Waals surface area contributed by atoms with Gasteiger partial charge in [-0.15, -0.1) is 0 Å². The van der Waals surface area contributed by atoms with Gasteiger partial charge in [0.2, 0.25) is 5.75 Å². The number of rotatable bonds is 10. The maximum atomic E-state index is 11.8. The molecule has 0 aliphatic carbocycles. The van der Waals surface area contributed by atoms with Crippen LogP contribution in [0.1, 0.15) is 28.4 Å². The molecular weight excluding hydrogens is 396 g/mol. The minimum atomic E-state index is -0.0893. The summed E-state index contributed by atoms with van der Waals surface area (Å²) in [6, 6.07) is 11.4. The highest BCUT2D eigenvalue weighted by molar-refractivity contribution is 5.94. The quantitative estimate of drug-likeness (QED) is 0.397. The first-order valence-corrected chi connectivity index (χ1v) is 10.2. The van der Waals surface area contributed by atoms with Crippen LogP contribution in [0.4, 0.5) is 0 Å². The molecule has 8 nitrogen and oxygen atoms in total. The molecule has 0 saturated heterocycles. The summed E-state index contributed by atoms with van der Waals surface area (Å²) in [7, 11) is 6.40. The molecule has 0 atom stereocenters. The van der Waals surface area contributed by atoms with Crippen LogP contribution >= 0.6 is 0 Å². The molecule has 0 spiro atoms. The van der Waals surface area contributed by atoms with Crippen molar-refractivity contribution in [2.75, 3.05) is 41.5 Å². The zero-order chi connectivity index (χ0) is 22.6. The topological polar surface area (TPSA) is 93.2 Å². The molecule has 0 heterocycles. The Labute approximate surface area is 184 Å². The smallest absolute Gasteiger partial charge is 0.251 e. The maximum absolute atomic E-state index is 11.8. The lowest BCUT2D eigenvalue weighted by Crippen LogP contribution is -2.38. The molecule has 1 amide bonds. The summed E-state index contributed by atoms with van der Waals surface area (Å²) in [5.41, 5.74) is 2.61. The summed E-state index contributed by atoms with van der Waals surface area (Å²) in [6.07, 6.45) is 0.759. The van der Waals surface area contributed by atoms with Crippen LogP contribution in [0.25, 0.3) is 0 Å². The number of carbonyl (C=O) groups is 1. The van der Waals surface area contributed by atoms with Gasteiger partial charge in [-0.25, -0.2) is 4.99 Å². The number of aliphatic imine (C=N–C) groups is 1. The highest BCUT2D eigenvalue weighted by atomic mass is 16.5.